The summed E-state index contributed by atoms with van der Waals surface area (Å²) in [5, 5.41) is 1.74. The number of rotatable bonds is 4. The predicted octanol–water partition coefficient (Wildman–Crippen LogP) is 1.45. The molecule has 0 fully saturated rings. The van der Waals surface area contributed by atoms with Gasteiger partial charge >= 0.3 is 0 Å². The summed E-state index contributed by atoms with van der Waals surface area (Å²) >= 11 is 1.57. The van der Waals surface area contributed by atoms with Gasteiger partial charge in [-0.3, -0.25) is 0 Å². The summed E-state index contributed by atoms with van der Waals surface area (Å²) in [5.74, 6) is 0.868. The Kier molecular flexibility index (Phi) is 5.56. The van der Waals surface area contributed by atoms with E-state index in [1.165, 1.54) is 0 Å². The van der Waals surface area contributed by atoms with Gasteiger partial charge in [0.15, 0.2) is 0 Å². The molecule has 2 heteroatoms. The van der Waals surface area contributed by atoms with E-state index >= 15 is 0 Å². The molecule has 0 aromatic heterocycles. The van der Waals surface area contributed by atoms with E-state index in [0.717, 1.165) is 12.0 Å². The maximum absolute atomic E-state index is 9.63. The fraction of sp³-hybridized carbons (Fsp3) is 0.400. The van der Waals surface area contributed by atoms with Crippen LogP contribution in [0, 0.1) is 0 Å². The molecule has 0 aliphatic heterocycles. The molecule has 0 saturated heterocycles. The molecular weight excluding hydrogens is 108 g/mol. The van der Waals surface area contributed by atoms with Gasteiger partial charge in [0.2, 0.25) is 0 Å². The van der Waals surface area contributed by atoms with Crippen molar-refractivity contribution in [3.05, 3.63) is 12.0 Å². The molecule has 40 valence electrons. The van der Waals surface area contributed by atoms with Crippen molar-refractivity contribution in [2.45, 2.75) is 6.42 Å². The Hall–Kier alpha value is -0.240. The van der Waals surface area contributed by atoms with Crippen molar-refractivity contribution < 1.29 is 4.79 Å². The fourth-order valence-electron chi connectivity index (χ4n) is 0.199. The van der Waals surface area contributed by atoms with Crippen molar-refractivity contribution in [1.82, 2.24) is 0 Å². The maximum atomic E-state index is 9.63. The lowest BCUT2D eigenvalue weighted by Crippen LogP contribution is -1.74. The van der Waals surface area contributed by atoms with Crippen LogP contribution in [-0.2, 0) is 4.79 Å². The van der Waals surface area contributed by atoms with Gasteiger partial charge < -0.3 is 4.79 Å². The van der Waals surface area contributed by atoms with Crippen molar-refractivity contribution in [3.63, 3.8) is 0 Å². The number of carbonyl (C=O) groups excluding carboxylic acids is 1. The Bertz CT molecular complexity index is 53.1. The zero-order valence-corrected chi connectivity index (χ0v) is 4.91. The third-order valence-corrected chi connectivity index (χ3v) is 1.18. The van der Waals surface area contributed by atoms with Crippen LogP contribution in [0.15, 0.2) is 12.0 Å². The van der Waals surface area contributed by atoms with Crippen molar-refractivity contribution in [1.29, 1.82) is 0 Å². The zero-order valence-electron chi connectivity index (χ0n) is 4.09. The Morgan fingerprint density at radius 2 is 2.43 bits per heavy atom. The highest BCUT2D eigenvalue weighted by atomic mass is 32.2. The van der Waals surface area contributed by atoms with Crippen LogP contribution in [0.1, 0.15) is 6.42 Å². The molecule has 1 nitrogen and oxygen atoms in total. The fourth-order valence-corrected chi connectivity index (χ4v) is 0.598. The van der Waals surface area contributed by atoms with E-state index in [1.54, 1.807) is 17.2 Å². The number of hydrogen-bond acceptors (Lipinski definition) is 2. The molecule has 0 rings (SSSR count). The maximum Gasteiger partial charge on any atom is 0.120 e. The largest absolute Gasteiger partial charge is 0.303 e. The minimum absolute atomic E-state index is 0.636. The Morgan fingerprint density at radius 1 is 1.71 bits per heavy atom. The van der Waals surface area contributed by atoms with E-state index < -0.39 is 0 Å². The standard InChI is InChI=1S/C5H8OS/c1-2-7-5-3-4-6/h2,4H,1,3,5H2. The molecule has 0 unspecified atom stereocenters. The molecule has 0 spiro atoms. The summed E-state index contributed by atoms with van der Waals surface area (Å²) in [7, 11) is 0. The van der Waals surface area contributed by atoms with Crippen molar-refractivity contribution >= 4 is 18.0 Å². The lowest BCUT2D eigenvalue weighted by molar-refractivity contribution is -0.107. The van der Waals surface area contributed by atoms with Gasteiger partial charge in [-0.25, -0.2) is 0 Å². The molecule has 0 aromatic rings. The monoisotopic (exact) mass is 116 g/mol. The molecule has 0 saturated carbocycles. The molecule has 0 radical (unpaired) electrons. The normalized spacial score (nSPS) is 8.00. The van der Waals surface area contributed by atoms with Crippen LogP contribution >= 0.6 is 11.8 Å². The molecule has 0 bridgehead atoms. The van der Waals surface area contributed by atoms with Crippen LogP contribution in [0.4, 0.5) is 0 Å². The average Bonchev–Trinajstić information content (AvgIpc) is 1.69. The van der Waals surface area contributed by atoms with Gasteiger partial charge in [0.1, 0.15) is 6.29 Å². The lowest BCUT2D eigenvalue weighted by Gasteiger charge is -1.81. The van der Waals surface area contributed by atoms with Crippen LogP contribution in [0.25, 0.3) is 0 Å². The highest BCUT2D eigenvalue weighted by Gasteiger charge is 1.77. The smallest absolute Gasteiger partial charge is 0.120 e. The summed E-state index contributed by atoms with van der Waals surface area (Å²) < 4.78 is 0. The van der Waals surface area contributed by atoms with Gasteiger partial charge in [-0.15, -0.1) is 11.8 Å². The van der Waals surface area contributed by atoms with Crippen molar-refractivity contribution in [3.8, 4) is 0 Å². The highest BCUT2D eigenvalue weighted by molar-refractivity contribution is 8.02. The van der Waals surface area contributed by atoms with Crippen LogP contribution < -0.4 is 0 Å². The molecule has 0 aliphatic rings. The number of aldehydes is 1. The predicted molar refractivity (Wildman–Crippen MR) is 33.3 cm³/mol. The molecule has 0 aromatic carbocycles. The van der Waals surface area contributed by atoms with Gasteiger partial charge in [-0.05, 0) is 5.41 Å². The highest BCUT2D eigenvalue weighted by Crippen LogP contribution is 1.99. The average molecular weight is 116 g/mol. The first-order valence-corrected chi connectivity index (χ1v) is 3.13. The lowest BCUT2D eigenvalue weighted by atomic mass is 10.6. The molecule has 7 heavy (non-hydrogen) atoms. The van der Waals surface area contributed by atoms with Crippen LogP contribution in [0.5, 0.6) is 0 Å². The Morgan fingerprint density at radius 3 is 2.86 bits per heavy atom. The Balaban J connectivity index is 2.68. The number of hydrogen-bond donors (Lipinski definition) is 0. The second-order valence-electron chi connectivity index (χ2n) is 0.993. The topological polar surface area (TPSA) is 17.1 Å². The summed E-state index contributed by atoms with van der Waals surface area (Å²) in [5.41, 5.74) is 0. The molecule has 0 amide bonds. The van der Waals surface area contributed by atoms with Crippen LogP contribution in [0.2, 0.25) is 0 Å². The van der Waals surface area contributed by atoms with E-state index in [9.17, 15) is 4.79 Å². The molecule has 0 heterocycles. The number of carbonyl (C=O) groups is 1. The van der Waals surface area contributed by atoms with E-state index in [-0.39, 0.29) is 0 Å². The van der Waals surface area contributed by atoms with Crippen molar-refractivity contribution in [2.24, 2.45) is 0 Å². The Labute approximate surface area is 47.8 Å². The van der Waals surface area contributed by atoms with Gasteiger partial charge in [-0.1, -0.05) is 6.58 Å². The zero-order chi connectivity index (χ0) is 5.54. The minimum atomic E-state index is 0.636. The second kappa shape index (κ2) is 5.76. The van der Waals surface area contributed by atoms with Crippen LogP contribution in [-0.4, -0.2) is 12.0 Å². The van der Waals surface area contributed by atoms with Crippen LogP contribution in [0.3, 0.4) is 0 Å². The van der Waals surface area contributed by atoms with E-state index in [4.69, 9.17) is 0 Å². The summed E-state index contributed by atoms with van der Waals surface area (Å²) in [6.07, 6.45) is 1.55. The molecule has 0 N–H and O–H groups in total. The minimum Gasteiger partial charge on any atom is -0.303 e. The summed E-state index contributed by atoms with van der Waals surface area (Å²) in [4.78, 5) is 9.63. The molecular formula is C5H8OS. The van der Waals surface area contributed by atoms with Gasteiger partial charge in [0.25, 0.3) is 0 Å². The van der Waals surface area contributed by atoms with Crippen molar-refractivity contribution in [2.75, 3.05) is 5.75 Å². The molecule has 0 aliphatic carbocycles. The van der Waals surface area contributed by atoms with E-state index in [0.29, 0.717) is 6.42 Å². The summed E-state index contributed by atoms with van der Waals surface area (Å²) in [6.45, 7) is 3.48. The van der Waals surface area contributed by atoms with E-state index in [2.05, 4.69) is 6.58 Å². The van der Waals surface area contributed by atoms with E-state index in [1.807, 2.05) is 0 Å². The van der Waals surface area contributed by atoms with Gasteiger partial charge in [0, 0.05) is 12.2 Å². The first-order valence-electron chi connectivity index (χ1n) is 2.08. The first-order chi connectivity index (χ1) is 3.41. The van der Waals surface area contributed by atoms with Gasteiger partial charge in [0.05, 0.1) is 0 Å². The van der Waals surface area contributed by atoms with Gasteiger partial charge in [-0.2, -0.15) is 0 Å². The number of thioether (sulfide) groups is 1. The first kappa shape index (κ1) is 6.76. The molecule has 0 atom stereocenters. The third kappa shape index (κ3) is 5.76. The summed E-state index contributed by atoms with van der Waals surface area (Å²) in [6, 6.07) is 0. The SMILES string of the molecule is C=CSCCC=O. The second-order valence-corrected chi connectivity index (χ2v) is 2.07. The third-order valence-electron chi connectivity index (χ3n) is 0.471. The quantitative estimate of drug-likeness (QED) is 0.408.